The normalized spacial score (nSPS) is 17.1. The summed E-state index contributed by atoms with van der Waals surface area (Å²) < 4.78 is 0. The van der Waals surface area contributed by atoms with Crippen molar-refractivity contribution >= 4 is 17.6 Å². The number of carbonyl (C=O) groups excluding carboxylic acids is 2. The van der Waals surface area contributed by atoms with Crippen LogP contribution in [0.5, 0.6) is 0 Å². The van der Waals surface area contributed by atoms with E-state index in [2.05, 4.69) is 15.6 Å². The van der Waals surface area contributed by atoms with Crippen molar-refractivity contribution in [2.24, 2.45) is 11.8 Å². The maximum absolute atomic E-state index is 12.9. The number of nitrogens with two attached hydrogens (primary N) is 1. The van der Waals surface area contributed by atoms with E-state index in [1.54, 1.807) is 31.3 Å². The first-order chi connectivity index (χ1) is 13.4. The molecular formula is C20H33N5O3. The number of hydrogen-bond acceptors (Lipinski definition) is 6. The number of aliphatic hydroxyl groups is 1. The van der Waals surface area contributed by atoms with Gasteiger partial charge in [-0.1, -0.05) is 25.3 Å². The van der Waals surface area contributed by atoms with Gasteiger partial charge >= 0.3 is 0 Å². The van der Waals surface area contributed by atoms with Crippen LogP contribution >= 0.6 is 0 Å². The molecule has 1 fully saturated rings. The molecule has 2 atom stereocenters. The molecule has 1 aromatic rings. The second-order valence-electron chi connectivity index (χ2n) is 7.72. The van der Waals surface area contributed by atoms with Crippen molar-refractivity contribution in [2.45, 2.75) is 44.7 Å². The highest BCUT2D eigenvalue weighted by atomic mass is 16.3. The molecule has 0 aromatic carbocycles. The maximum Gasteiger partial charge on any atom is 0.239 e. The number of pyridine rings is 1. The summed E-state index contributed by atoms with van der Waals surface area (Å²) in [5.74, 6) is 0.0912. The van der Waals surface area contributed by atoms with Crippen LogP contribution in [-0.4, -0.2) is 60.1 Å². The Hall–Kier alpha value is -2.19. The summed E-state index contributed by atoms with van der Waals surface area (Å²) in [6.45, 7) is 0.392. The Balaban J connectivity index is 1.98. The standard InChI is InChI=1S/C20H33N5O3/c1-25(2)17(13-26)20(28)24-12-16(15-6-4-3-5-7-15)19(27)23-11-14-8-9-18(21)22-10-14/h8-10,15-17,26H,3-7,11-13H2,1-2H3,(H2,21,22)(H,23,27)(H,24,28)/t16-,17-/m0/s1. The topological polar surface area (TPSA) is 121 Å². The quantitative estimate of drug-likeness (QED) is 0.487. The largest absolute Gasteiger partial charge is 0.394 e. The van der Waals surface area contributed by atoms with Crippen molar-refractivity contribution in [3.05, 3.63) is 23.9 Å². The molecule has 28 heavy (non-hydrogen) atoms. The number of nitrogen functional groups attached to an aromatic ring is 1. The number of likely N-dealkylation sites (N-methyl/N-ethyl adjacent to an activating group) is 1. The van der Waals surface area contributed by atoms with E-state index in [-0.39, 0.29) is 36.8 Å². The molecule has 1 aromatic heterocycles. The molecular weight excluding hydrogens is 358 g/mol. The van der Waals surface area contributed by atoms with Crippen LogP contribution < -0.4 is 16.4 Å². The van der Waals surface area contributed by atoms with E-state index in [1.165, 1.54) is 6.42 Å². The fourth-order valence-electron chi connectivity index (χ4n) is 3.68. The van der Waals surface area contributed by atoms with Crippen molar-refractivity contribution in [1.82, 2.24) is 20.5 Å². The molecule has 0 spiro atoms. The third kappa shape index (κ3) is 6.45. The number of carbonyl (C=O) groups is 2. The van der Waals surface area contributed by atoms with Gasteiger partial charge < -0.3 is 21.5 Å². The molecule has 0 aliphatic heterocycles. The molecule has 0 radical (unpaired) electrons. The summed E-state index contributed by atoms with van der Waals surface area (Å²) in [6, 6.07) is 2.93. The van der Waals surface area contributed by atoms with E-state index in [9.17, 15) is 14.7 Å². The fraction of sp³-hybridized carbons (Fsp3) is 0.650. The third-order valence-electron chi connectivity index (χ3n) is 5.47. The van der Waals surface area contributed by atoms with Gasteiger partial charge in [-0.15, -0.1) is 0 Å². The SMILES string of the molecule is CN(C)[C@@H](CO)C(=O)NC[C@H](C(=O)NCc1ccc(N)nc1)C1CCCCC1. The van der Waals surface area contributed by atoms with Gasteiger partial charge in [0, 0.05) is 19.3 Å². The predicted octanol–water partition coefficient (Wildman–Crippen LogP) is 0.515. The number of nitrogens with one attached hydrogen (secondary N) is 2. The van der Waals surface area contributed by atoms with Crippen LogP contribution in [0.4, 0.5) is 5.82 Å². The number of aromatic nitrogens is 1. The minimum atomic E-state index is -0.615. The van der Waals surface area contributed by atoms with Gasteiger partial charge in [0.15, 0.2) is 0 Å². The van der Waals surface area contributed by atoms with Crippen LogP contribution in [0.2, 0.25) is 0 Å². The average molecular weight is 392 g/mol. The van der Waals surface area contributed by atoms with E-state index >= 15 is 0 Å². The number of rotatable bonds is 9. The minimum Gasteiger partial charge on any atom is -0.394 e. The average Bonchev–Trinajstić information content (AvgIpc) is 2.68. The summed E-state index contributed by atoms with van der Waals surface area (Å²) in [5.41, 5.74) is 6.47. The molecule has 0 saturated heterocycles. The second-order valence-corrected chi connectivity index (χ2v) is 7.72. The fourth-order valence-corrected chi connectivity index (χ4v) is 3.68. The van der Waals surface area contributed by atoms with Crippen LogP contribution in [0.3, 0.4) is 0 Å². The van der Waals surface area contributed by atoms with Crippen molar-refractivity contribution in [3.63, 3.8) is 0 Å². The minimum absolute atomic E-state index is 0.0607. The highest BCUT2D eigenvalue weighted by Crippen LogP contribution is 2.30. The Morgan fingerprint density at radius 1 is 1.21 bits per heavy atom. The van der Waals surface area contributed by atoms with Gasteiger partial charge in [-0.25, -0.2) is 4.98 Å². The van der Waals surface area contributed by atoms with Crippen molar-refractivity contribution in [3.8, 4) is 0 Å². The van der Waals surface area contributed by atoms with Gasteiger partial charge in [-0.2, -0.15) is 0 Å². The molecule has 8 heteroatoms. The summed E-state index contributed by atoms with van der Waals surface area (Å²) in [7, 11) is 3.49. The van der Waals surface area contributed by atoms with Gasteiger partial charge in [-0.05, 0) is 44.5 Å². The van der Waals surface area contributed by atoms with Gasteiger partial charge in [0.2, 0.25) is 11.8 Å². The molecule has 1 aliphatic carbocycles. The Morgan fingerprint density at radius 2 is 1.93 bits per heavy atom. The number of aliphatic hydroxyl groups excluding tert-OH is 1. The maximum atomic E-state index is 12.9. The summed E-state index contributed by atoms with van der Waals surface area (Å²) in [6.07, 6.45) is 7.06. The second kappa shape index (κ2) is 11.0. The van der Waals surface area contributed by atoms with Crippen LogP contribution in [0.15, 0.2) is 18.3 Å². The molecule has 156 valence electrons. The first-order valence-corrected chi connectivity index (χ1v) is 9.95. The van der Waals surface area contributed by atoms with Gasteiger partial charge in [0.25, 0.3) is 0 Å². The Labute approximate surface area is 166 Å². The number of hydrogen-bond donors (Lipinski definition) is 4. The first kappa shape index (κ1) is 22.1. The Morgan fingerprint density at radius 3 is 2.50 bits per heavy atom. The molecule has 8 nitrogen and oxygen atoms in total. The molecule has 5 N–H and O–H groups in total. The lowest BCUT2D eigenvalue weighted by molar-refractivity contribution is -0.129. The van der Waals surface area contributed by atoms with Gasteiger partial charge in [0.05, 0.1) is 12.5 Å². The highest BCUT2D eigenvalue weighted by Gasteiger charge is 2.31. The number of amides is 2. The van der Waals surface area contributed by atoms with Crippen LogP contribution in [0.1, 0.15) is 37.7 Å². The number of nitrogens with zero attached hydrogens (tertiary/aromatic N) is 2. The van der Waals surface area contributed by atoms with Crippen molar-refractivity contribution in [2.75, 3.05) is 33.0 Å². The van der Waals surface area contributed by atoms with Gasteiger partial charge in [-0.3, -0.25) is 14.5 Å². The van der Waals surface area contributed by atoms with Gasteiger partial charge in [0.1, 0.15) is 11.9 Å². The lowest BCUT2D eigenvalue weighted by Gasteiger charge is -2.30. The lowest BCUT2D eigenvalue weighted by Crippen LogP contribution is -2.49. The Kier molecular flexibility index (Phi) is 8.66. The summed E-state index contributed by atoms with van der Waals surface area (Å²) >= 11 is 0. The van der Waals surface area contributed by atoms with E-state index < -0.39 is 6.04 Å². The van der Waals surface area contributed by atoms with E-state index in [1.807, 2.05) is 6.07 Å². The van der Waals surface area contributed by atoms with E-state index in [4.69, 9.17) is 5.73 Å². The summed E-state index contributed by atoms with van der Waals surface area (Å²) in [5, 5.41) is 15.3. The molecule has 0 unspecified atom stereocenters. The zero-order valence-corrected chi connectivity index (χ0v) is 16.9. The first-order valence-electron chi connectivity index (χ1n) is 9.95. The lowest BCUT2D eigenvalue weighted by atomic mass is 9.79. The molecule has 0 bridgehead atoms. The zero-order valence-electron chi connectivity index (χ0n) is 16.9. The number of anilines is 1. The molecule has 1 heterocycles. The molecule has 2 rings (SSSR count). The Bertz CT molecular complexity index is 629. The predicted molar refractivity (Wildman–Crippen MR) is 108 cm³/mol. The zero-order chi connectivity index (χ0) is 20.5. The summed E-state index contributed by atoms with van der Waals surface area (Å²) in [4.78, 5) is 31.0. The van der Waals surface area contributed by atoms with Crippen LogP contribution in [-0.2, 0) is 16.1 Å². The highest BCUT2D eigenvalue weighted by molar-refractivity contribution is 5.83. The van der Waals surface area contributed by atoms with Crippen LogP contribution in [0, 0.1) is 11.8 Å². The molecule has 1 aliphatic rings. The molecule has 1 saturated carbocycles. The third-order valence-corrected chi connectivity index (χ3v) is 5.47. The van der Waals surface area contributed by atoms with Crippen molar-refractivity contribution in [1.29, 1.82) is 0 Å². The van der Waals surface area contributed by atoms with Crippen molar-refractivity contribution < 1.29 is 14.7 Å². The monoisotopic (exact) mass is 391 g/mol. The van der Waals surface area contributed by atoms with E-state index in [0.29, 0.717) is 12.4 Å². The van der Waals surface area contributed by atoms with E-state index in [0.717, 1.165) is 31.2 Å². The smallest absolute Gasteiger partial charge is 0.239 e. The molecule has 2 amide bonds. The van der Waals surface area contributed by atoms with Crippen LogP contribution in [0.25, 0.3) is 0 Å².